The van der Waals surface area contributed by atoms with Crippen molar-refractivity contribution in [2.45, 2.75) is 6.92 Å². The number of nitro groups is 1. The van der Waals surface area contributed by atoms with Gasteiger partial charge in [0.05, 0.1) is 10.6 Å². The Kier molecular flexibility index (Phi) is 2.53. The number of rotatable bonds is 2. The summed E-state index contributed by atoms with van der Waals surface area (Å²) in [4.78, 5) is 10.1. The van der Waals surface area contributed by atoms with Gasteiger partial charge in [-0.2, -0.15) is 0 Å². The highest BCUT2D eigenvalue weighted by atomic mass is 35.5. The van der Waals surface area contributed by atoms with Gasteiger partial charge in [0, 0.05) is 6.07 Å². The largest absolute Gasteiger partial charge is 0.288 e. The van der Waals surface area contributed by atoms with Crippen LogP contribution in [0.5, 0.6) is 0 Å². The van der Waals surface area contributed by atoms with Crippen molar-refractivity contribution in [1.29, 1.82) is 0 Å². The van der Waals surface area contributed by atoms with Crippen LogP contribution in [0, 0.1) is 17.0 Å². The van der Waals surface area contributed by atoms with Crippen LogP contribution in [0.15, 0.2) is 18.5 Å². The third-order valence-corrected chi connectivity index (χ3v) is 2.36. The third-order valence-electron chi connectivity index (χ3n) is 2.06. The zero-order valence-electron chi connectivity index (χ0n) is 8.16. The van der Waals surface area contributed by atoms with E-state index < -0.39 is 4.92 Å². The van der Waals surface area contributed by atoms with Gasteiger partial charge in [0.1, 0.15) is 11.3 Å². The molecule has 1 aromatic heterocycles. The number of aryl methyl sites for hydroxylation is 1. The molecule has 0 aliphatic rings. The smallest absolute Gasteiger partial charge is 0.258 e. The van der Waals surface area contributed by atoms with E-state index in [1.807, 2.05) is 0 Å². The maximum absolute atomic E-state index is 10.6. The molecule has 0 fully saturated rings. The Morgan fingerprint density at radius 2 is 2.25 bits per heavy atom. The molecule has 82 valence electrons. The van der Waals surface area contributed by atoms with Crippen LogP contribution in [0.25, 0.3) is 5.69 Å². The fourth-order valence-corrected chi connectivity index (χ4v) is 1.54. The van der Waals surface area contributed by atoms with Crippen LogP contribution in [-0.2, 0) is 0 Å². The molecule has 0 spiro atoms. The number of hydrogen-bond acceptors (Lipinski definition) is 5. The lowest BCUT2D eigenvalue weighted by Gasteiger charge is -2.05. The molecule has 8 heteroatoms. The molecular formula is C8H6ClN5O2. The molecule has 1 aromatic carbocycles. The van der Waals surface area contributed by atoms with Gasteiger partial charge in [-0.05, 0) is 29.0 Å². The second-order valence-electron chi connectivity index (χ2n) is 3.10. The van der Waals surface area contributed by atoms with Gasteiger partial charge < -0.3 is 0 Å². The van der Waals surface area contributed by atoms with E-state index in [1.54, 1.807) is 6.92 Å². The van der Waals surface area contributed by atoms with Gasteiger partial charge in [-0.25, -0.2) is 4.68 Å². The lowest BCUT2D eigenvalue weighted by atomic mass is 10.2. The van der Waals surface area contributed by atoms with Crippen molar-refractivity contribution in [2.75, 3.05) is 0 Å². The van der Waals surface area contributed by atoms with Gasteiger partial charge in [-0.15, -0.1) is 5.10 Å². The van der Waals surface area contributed by atoms with Crippen molar-refractivity contribution in [1.82, 2.24) is 20.2 Å². The van der Waals surface area contributed by atoms with Gasteiger partial charge in [0.2, 0.25) is 0 Å². The predicted octanol–water partition coefficient (Wildman–Crippen LogP) is 1.53. The Morgan fingerprint density at radius 1 is 1.50 bits per heavy atom. The Morgan fingerprint density at radius 3 is 2.81 bits per heavy atom. The second-order valence-corrected chi connectivity index (χ2v) is 3.51. The Labute approximate surface area is 94.8 Å². The standard InChI is InChI=1S/C8H6ClN5O2/c1-5-2-8(14(15)16)6(9)3-7(5)13-4-10-11-12-13/h2-4H,1H3. The maximum atomic E-state index is 10.6. The zero-order chi connectivity index (χ0) is 11.7. The second kappa shape index (κ2) is 3.86. The van der Waals surface area contributed by atoms with Crippen LogP contribution in [0.4, 0.5) is 5.69 Å². The van der Waals surface area contributed by atoms with Crippen molar-refractivity contribution in [2.24, 2.45) is 0 Å². The molecule has 1 heterocycles. The minimum Gasteiger partial charge on any atom is -0.258 e. The molecule has 0 bridgehead atoms. The summed E-state index contributed by atoms with van der Waals surface area (Å²) in [6, 6.07) is 2.85. The summed E-state index contributed by atoms with van der Waals surface area (Å²) in [6.07, 6.45) is 1.39. The Bertz CT molecular complexity index is 540. The SMILES string of the molecule is Cc1cc([N+](=O)[O-])c(Cl)cc1-n1cnnn1. The van der Waals surface area contributed by atoms with Gasteiger partial charge in [0.25, 0.3) is 5.69 Å². The number of hydrogen-bond donors (Lipinski definition) is 0. The highest BCUT2D eigenvalue weighted by Gasteiger charge is 2.16. The maximum Gasteiger partial charge on any atom is 0.288 e. The first-order valence-electron chi connectivity index (χ1n) is 4.27. The van der Waals surface area contributed by atoms with E-state index in [-0.39, 0.29) is 10.7 Å². The van der Waals surface area contributed by atoms with Crippen LogP contribution in [0.1, 0.15) is 5.56 Å². The fraction of sp³-hybridized carbons (Fsp3) is 0.125. The quantitative estimate of drug-likeness (QED) is 0.586. The van der Waals surface area contributed by atoms with E-state index in [9.17, 15) is 10.1 Å². The third kappa shape index (κ3) is 1.72. The molecule has 16 heavy (non-hydrogen) atoms. The minimum atomic E-state index is -0.529. The molecule has 0 N–H and O–H groups in total. The van der Waals surface area contributed by atoms with Gasteiger partial charge in [-0.1, -0.05) is 11.6 Å². The summed E-state index contributed by atoms with van der Waals surface area (Å²) in [5.74, 6) is 0. The summed E-state index contributed by atoms with van der Waals surface area (Å²) < 4.78 is 1.39. The highest BCUT2D eigenvalue weighted by Crippen LogP contribution is 2.29. The van der Waals surface area contributed by atoms with Crippen LogP contribution >= 0.6 is 11.6 Å². The molecule has 0 amide bonds. The lowest BCUT2D eigenvalue weighted by molar-refractivity contribution is -0.384. The first-order valence-corrected chi connectivity index (χ1v) is 4.65. The first-order chi connectivity index (χ1) is 7.59. The van der Waals surface area contributed by atoms with E-state index in [4.69, 9.17) is 11.6 Å². The predicted molar refractivity (Wildman–Crippen MR) is 55.6 cm³/mol. The molecule has 0 aliphatic carbocycles. The number of benzene rings is 1. The van der Waals surface area contributed by atoms with Crippen molar-refractivity contribution >= 4 is 17.3 Å². The number of nitro benzene ring substituents is 1. The van der Waals surface area contributed by atoms with E-state index in [2.05, 4.69) is 15.5 Å². The van der Waals surface area contributed by atoms with Crippen LogP contribution in [0.2, 0.25) is 5.02 Å². The topological polar surface area (TPSA) is 86.7 Å². The number of aromatic nitrogens is 4. The molecule has 0 atom stereocenters. The van der Waals surface area contributed by atoms with Gasteiger partial charge in [-0.3, -0.25) is 10.1 Å². The Hall–Kier alpha value is -2.02. The average molecular weight is 240 g/mol. The van der Waals surface area contributed by atoms with E-state index in [0.29, 0.717) is 11.3 Å². The first kappa shape index (κ1) is 10.5. The average Bonchev–Trinajstić information content (AvgIpc) is 2.73. The van der Waals surface area contributed by atoms with Crippen LogP contribution < -0.4 is 0 Å². The molecule has 2 rings (SSSR count). The number of nitrogens with zero attached hydrogens (tertiary/aromatic N) is 5. The lowest BCUT2D eigenvalue weighted by Crippen LogP contribution is -2.00. The molecule has 2 aromatic rings. The molecule has 0 aliphatic heterocycles. The molecule has 7 nitrogen and oxygen atoms in total. The monoisotopic (exact) mass is 239 g/mol. The van der Waals surface area contributed by atoms with Crippen LogP contribution in [-0.4, -0.2) is 25.1 Å². The normalized spacial score (nSPS) is 10.4. The molecule has 0 unspecified atom stereocenters. The molecule has 0 saturated carbocycles. The minimum absolute atomic E-state index is 0.0566. The van der Waals surface area contributed by atoms with E-state index in [1.165, 1.54) is 23.1 Å². The van der Waals surface area contributed by atoms with Crippen molar-refractivity contribution in [3.63, 3.8) is 0 Å². The summed E-state index contributed by atoms with van der Waals surface area (Å²) in [5.41, 5.74) is 1.15. The van der Waals surface area contributed by atoms with E-state index >= 15 is 0 Å². The number of tetrazole rings is 1. The zero-order valence-corrected chi connectivity index (χ0v) is 8.92. The summed E-state index contributed by atoms with van der Waals surface area (Å²) >= 11 is 5.79. The molecule has 0 saturated heterocycles. The van der Waals surface area contributed by atoms with Gasteiger partial charge >= 0.3 is 0 Å². The summed E-state index contributed by atoms with van der Waals surface area (Å²) in [6.45, 7) is 1.72. The van der Waals surface area contributed by atoms with E-state index in [0.717, 1.165) is 0 Å². The molecular weight excluding hydrogens is 234 g/mol. The summed E-state index contributed by atoms with van der Waals surface area (Å²) in [7, 11) is 0. The van der Waals surface area contributed by atoms with Crippen molar-refractivity contribution in [3.05, 3.63) is 39.2 Å². The summed E-state index contributed by atoms with van der Waals surface area (Å²) in [5, 5.41) is 21.4. The van der Waals surface area contributed by atoms with Gasteiger partial charge in [0.15, 0.2) is 0 Å². The van der Waals surface area contributed by atoms with Crippen LogP contribution in [0.3, 0.4) is 0 Å². The highest BCUT2D eigenvalue weighted by molar-refractivity contribution is 6.32. The fourth-order valence-electron chi connectivity index (χ4n) is 1.31. The van der Waals surface area contributed by atoms with Crippen molar-refractivity contribution in [3.8, 4) is 5.69 Å². The molecule has 0 radical (unpaired) electrons. The number of halogens is 1. The Balaban J connectivity index is 2.59. The van der Waals surface area contributed by atoms with Crippen molar-refractivity contribution < 1.29 is 4.92 Å².